The maximum absolute atomic E-state index is 13.3. The van der Waals surface area contributed by atoms with Crippen LogP contribution in [0.5, 0.6) is 0 Å². The van der Waals surface area contributed by atoms with Crippen LogP contribution in [0.1, 0.15) is 25.3 Å². The van der Waals surface area contributed by atoms with E-state index in [1.54, 1.807) is 0 Å². The van der Waals surface area contributed by atoms with Gasteiger partial charge >= 0.3 is 0 Å². The van der Waals surface area contributed by atoms with Gasteiger partial charge in [0.2, 0.25) is 5.91 Å². The van der Waals surface area contributed by atoms with Crippen LogP contribution in [0.3, 0.4) is 0 Å². The molecule has 3 N–H and O–H groups in total. The lowest BCUT2D eigenvalue weighted by atomic mass is 10.2. The topological polar surface area (TPSA) is 64.3 Å². The standard InChI is InChI=1S/C13H17FN2O2S/c1-2-6-18-7-5-12(17)16-9-3-4-11(14)10(8-9)13(15)19/h3-4,8H,2,5-7H2,1H3,(H2,15,19)(H,16,17). The smallest absolute Gasteiger partial charge is 0.226 e. The van der Waals surface area contributed by atoms with Gasteiger partial charge in [0, 0.05) is 17.9 Å². The summed E-state index contributed by atoms with van der Waals surface area (Å²) in [6.07, 6.45) is 1.16. The highest BCUT2D eigenvalue weighted by molar-refractivity contribution is 7.80. The van der Waals surface area contributed by atoms with Crippen molar-refractivity contribution in [1.82, 2.24) is 0 Å². The number of hydrogen-bond acceptors (Lipinski definition) is 3. The molecule has 1 aromatic rings. The Balaban J connectivity index is 2.55. The van der Waals surface area contributed by atoms with Gasteiger partial charge in [-0.15, -0.1) is 0 Å². The van der Waals surface area contributed by atoms with Crippen molar-refractivity contribution in [3.8, 4) is 0 Å². The fourth-order valence-corrected chi connectivity index (χ4v) is 1.58. The molecule has 0 bridgehead atoms. The molecule has 0 saturated carbocycles. The predicted octanol–water partition coefficient (Wildman–Crippen LogP) is 2.22. The van der Waals surface area contributed by atoms with Gasteiger partial charge < -0.3 is 15.8 Å². The molecule has 0 aliphatic rings. The lowest BCUT2D eigenvalue weighted by Crippen LogP contribution is -2.16. The average Bonchev–Trinajstić information content (AvgIpc) is 2.36. The molecular formula is C13H17FN2O2S. The first-order chi connectivity index (χ1) is 9.04. The van der Waals surface area contributed by atoms with E-state index >= 15 is 0 Å². The zero-order valence-corrected chi connectivity index (χ0v) is 11.6. The largest absolute Gasteiger partial charge is 0.389 e. The molecule has 19 heavy (non-hydrogen) atoms. The first-order valence-corrected chi connectivity index (χ1v) is 6.42. The number of carbonyl (C=O) groups is 1. The van der Waals surface area contributed by atoms with Crippen LogP contribution >= 0.6 is 12.2 Å². The van der Waals surface area contributed by atoms with Gasteiger partial charge in [0.15, 0.2) is 0 Å². The molecule has 0 heterocycles. The minimum absolute atomic E-state index is 0.0418. The fourth-order valence-electron chi connectivity index (χ4n) is 1.43. The Hall–Kier alpha value is -1.53. The number of nitrogens with one attached hydrogen (secondary N) is 1. The maximum atomic E-state index is 13.3. The van der Waals surface area contributed by atoms with Gasteiger partial charge in [0.1, 0.15) is 10.8 Å². The van der Waals surface area contributed by atoms with Crippen molar-refractivity contribution in [1.29, 1.82) is 0 Å². The number of amides is 1. The van der Waals surface area contributed by atoms with Gasteiger partial charge in [-0.1, -0.05) is 19.1 Å². The third-order valence-electron chi connectivity index (χ3n) is 2.34. The van der Waals surface area contributed by atoms with Gasteiger partial charge in [-0.05, 0) is 24.6 Å². The quantitative estimate of drug-likeness (QED) is 0.595. The number of benzene rings is 1. The molecule has 1 aromatic carbocycles. The number of halogens is 1. The van der Waals surface area contributed by atoms with Crippen LogP contribution in [0.2, 0.25) is 0 Å². The second-order valence-electron chi connectivity index (χ2n) is 3.97. The molecule has 6 heteroatoms. The van der Waals surface area contributed by atoms with Crippen LogP contribution in [0.15, 0.2) is 18.2 Å². The molecule has 0 aliphatic heterocycles. The summed E-state index contributed by atoms with van der Waals surface area (Å²) in [4.78, 5) is 11.6. The molecule has 0 unspecified atom stereocenters. The van der Waals surface area contributed by atoms with Gasteiger partial charge in [-0.25, -0.2) is 4.39 Å². The van der Waals surface area contributed by atoms with E-state index in [4.69, 9.17) is 22.7 Å². The van der Waals surface area contributed by atoms with E-state index in [0.717, 1.165) is 6.42 Å². The summed E-state index contributed by atoms with van der Waals surface area (Å²) >= 11 is 4.73. The first-order valence-electron chi connectivity index (χ1n) is 6.01. The number of anilines is 1. The van der Waals surface area contributed by atoms with Crippen molar-refractivity contribution in [3.05, 3.63) is 29.6 Å². The van der Waals surface area contributed by atoms with Crippen molar-refractivity contribution in [2.45, 2.75) is 19.8 Å². The Morgan fingerprint density at radius 2 is 2.21 bits per heavy atom. The molecule has 1 amide bonds. The van der Waals surface area contributed by atoms with E-state index in [0.29, 0.717) is 18.9 Å². The van der Waals surface area contributed by atoms with Gasteiger partial charge in [0.05, 0.1) is 13.0 Å². The summed E-state index contributed by atoms with van der Waals surface area (Å²) in [5.41, 5.74) is 5.97. The highest BCUT2D eigenvalue weighted by Crippen LogP contribution is 2.15. The van der Waals surface area contributed by atoms with Gasteiger partial charge in [0.25, 0.3) is 0 Å². The molecule has 0 aromatic heterocycles. The lowest BCUT2D eigenvalue weighted by molar-refractivity contribution is -0.117. The van der Waals surface area contributed by atoms with Crippen LogP contribution in [0.4, 0.5) is 10.1 Å². The number of thiocarbonyl (C=S) groups is 1. The molecule has 104 valence electrons. The van der Waals surface area contributed by atoms with Crippen LogP contribution in [0.25, 0.3) is 0 Å². The second kappa shape index (κ2) is 7.81. The monoisotopic (exact) mass is 284 g/mol. The number of carbonyl (C=O) groups excluding carboxylic acids is 1. The molecular weight excluding hydrogens is 267 g/mol. The van der Waals surface area contributed by atoms with E-state index in [1.165, 1.54) is 18.2 Å². The number of hydrogen-bond donors (Lipinski definition) is 2. The molecule has 0 aliphatic carbocycles. The molecule has 0 atom stereocenters. The second-order valence-corrected chi connectivity index (χ2v) is 4.41. The number of rotatable bonds is 7. The van der Waals surface area contributed by atoms with Crippen molar-refractivity contribution < 1.29 is 13.9 Å². The van der Waals surface area contributed by atoms with Gasteiger partial charge in [-0.3, -0.25) is 4.79 Å². The fraction of sp³-hybridized carbons (Fsp3) is 0.385. The first kappa shape index (κ1) is 15.5. The average molecular weight is 284 g/mol. The maximum Gasteiger partial charge on any atom is 0.226 e. The third kappa shape index (κ3) is 5.32. The van der Waals surface area contributed by atoms with Gasteiger partial charge in [-0.2, -0.15) is 0 Å². The molecule has 0 saturated heterocycles. The van der Waals surface area contributed by atoms with E-state index < -0.39 is 5.82 Å². The van der Waals surface area contributed by atoms with Crippen molar-refractivity contribution in [2.24, 2.45) is 5.73 Å². The van der Waals surface area contributed by atoms with Crippen LogP contribution < -0.4 is 11.1 Å². The molecule has 0 fully saturated rings. The summed E-state index contributed by atoms with van der Waals surface area (Å²) in [5, 5.41) is 2.64. The Labute approximate surface area is 117 Å². The van der Waals surface area contributed by atoms with E-state index in [2.05, 4.69) is 5.32 Å². The minimum atomic E-state index is -0.503. The van der Waals surface area contributed by atoms with E-state index in [-0.39, 0.29) is 22.9 Å². The summed E-state index contributed by atoms with van der Waals surface area (Å²) in [5.74, 6) is -0.701. The van der Waals surface area contributed by atoms with E-state index in [1.807, 2.05) is 6.92 Å². The Morgan fingerprint density at radius 1 is 1.47 bits per heavy atom. The number of nitrogens with two attached hydrogens (primary N) is 1. The van der Waals surface area contributed by atoms with Crippen molar-refractivity contribution >= 4 is 28.8 Å². The van der Waals surface area contributed by atoms with Crippen LogP contribution in [-0.2, 0) is 9.53 Å². The Morgan fingerprint density at radius 3 is 2.84 bits per heavy atom. The third-order valence-corrected chi connectivity index (χ3v) is 2.56. The van der Waals surface area contributed by atoms with E-state index in [9.17, 15) is 9.18 Å². The van der Waals surface area contributed by atoms with Crippen molar-refractivity contribution in [2.75, 3.05) is 18.5 Å². The summed E-state index contributed by atoms with van der Waals surface area (Å²) in [6, 6.07) is 4.10. The Bertz CT molecular complexity index is 466. The molecule has 0 radical (unpaired) electrons. The molecule has 0 spiro atoms. The van der Waals surface area contributed by atoms with Crippen LogP contribution in [-0.4, -0.2) is 24.1 Å². The van der Waals surface area contributed by atoms with Crippen LogP contribution in [0, 0.1) is 5.82 Å². The van der Waals surface area contributed by atoms with Crippen molar-refractivity contribution in [3.63, 3.8) is 0 Å². The zero-order chi connectivity index (χ0) is 14.3. The molecule has 1 rings (SSSR count). The zero-order valence-electron chi connectivity index (χ0n) is 10.7. The number of ether oxygens (including phenoxy) is 1. The summed E-state index contributed by atoms with van der Waals surface area (Å²) in [7, 11) is 0. The predicted molar refractivity (Wildman–Crippen MR) is 76.6 cm³/mol. The minimum Gasteiger partial charge on any atom is -0.389 e. The summed E-state index contributed by atoms with van der Waals surface area (Å²) in [6.45, 7) is 2.99. The SMILES string of the molecule is CCCOCCC(=O)Nc1ccc(F)c(C(N)=S)c1. The molecule has 4 nitrogen and oxygen atoms in total. The Kier molecular flexibility index (Phi) is 6.38. The normalized spacial score (nSPS) is 10.2. The highest BCUT2D eigenvalue weighted by Gasteiger charge is 2.08. The summed E-state index contributed by atoms with van der Waals surface area (Å²) < 4.78 is 18.6. The lowest BCUT2D eigenvalue weighted by Gasteiger charge is -2.08. The highest BCUT2D eigenvalue weighted by atomic mass is 32.1.